The van der Waals surface area contributed by atoms with Crippen molar-refractivity contribution in [2.24, 2.45) is 11.5 Å². The lowest BCUT2D eigenvalue weighted by molar-refractivity contribution is 0.552. The minimum Gasteiger partial charge on any atom is -0.345 e. The van der Waals surface area contributed by atoms with E-state index >= 15 is 0 Å². The van der Waals surface area contributed by atoms with Gasteiger partial charge in [0, 0.05) is 11.4 Å². The summed E-state index contributed by atoms with van der Waals surface area (Å²) in [5.41, 5.74) is 18.6. The Morgan fingerprint density at radius 1 is 1.04 bits per heavy atom. The highest BCUT2D eigenvalue weighted by molar-refractivity contribution is 7.10. The molecule has 0 aliphatic heterocycles. The maximum atomic E-state index is 6.78. The van der Waals surface area contributed by atoms with Gasteiger partial charge >= 0.3 is 0 Å². The molecule has 1 aliphatic carbocycles. The molecule has 2 aromatic heterocycles. The molecule has 1 aliphatic rings. The largest absolute Gasteiger partial charge is 0.345 e. The van der Waals surface area contributed by atoms with Gasteiger partial charge in [0.05, 0.1) is 22.9 Å². The van der Waals surface area contributed by atoms with Crippen LogP contribution in [0.5, 0.6) is 0 Å². The monoisotopic (exact) mass is 374 g/mol. The molecule has 1 fully saturated rings. The number of rotatable bonds is 5. The summed E-state index contributed by atoms with van der Waals surface area (Å²) in [5, 5.41) is 2.26. The van der Waals surface area contributed by atoms with Gasteiger partial charge in [-0.15, -0.1) is 11.3 Å². The van der Waals surface area contributed by atoms with Crippen LogP contribution in [-0.2, 0) is 5.54 Å². The van der Waals surface area contributed by atoms with Gasteiger partial charge in [0.25, 0.3) is 0 Å². The fourth-order valence-corrected chi connectivity index (χ4v) is 4.75. The normalized spacial score (nSPS) is 16.5. The molecular formula is C22H22N4S. The van der Waals surface area contributed by atoms with E-state index < -0.39 is 5.54 Å². The smallest absolute Gasteiger partial charge is 0.0931 e. The maximum Gasteiger partial charge on any atom is 0.0931 e. The van der Waals surface area contributed by atoms with Gasteiger partial charge in [0.1, 0.15) is 0 Å². The molecule has 1 saturated carbocycles. The fraction of sp³-hybridized carbons (Fsp3) is 0.227. The predicted molar refractivity (Wildman–Crippen MR) is 112 cm³/mol. The first-order valence-electron chi connectivity index (χ1n) is 9.29. The van der Waals surface area contributed by atoms with E-state index in [0.29, 0.717) is 6.54 Å². The summed E-state index contributed by atoms with van der Waals surface area (Å²) in [6, 6.07) is 16.9. The zero-order valence-electron chi connectivity index (χ0n) is 15.0. The maximum absolute atomic E-state index is 6.78. The molecule has 136 valence electrons. The molecule has 4 aromatic rings. The highest BCUT2D eigenvalue weighted by Crippen LogP contribution is 2.44. The Kier molecular flexibility index (Phi) is 3.90. The Hall–Kier alpha value is -2.47. The Bertz CT molecular complexity index is 1090. The van der Waals surface area contributed by atoms with Gasteiger partial charge in [-0.2, -0.15) is 0 Å². The summed E-state index contributed by atoms with van der Waals surface area (Å²) in [7, 11) is 0. The second-order valence-corrected chi connectivity index (χ2v) is 8.34. The second kappa shape index (κ2) is 6.30. The molecule has 0 spiro atoms. The van der Waals surface area contributed by atoms with Crippen LogP contribution in [0.1, 0.15) is 34.8 Å². The molecule has 1 atom stereocenters. The van der Waals surface area contributed by atoms with Gasteiger partial charge < -0.3 is 16.5 Å². The van der Waals surface area contributed by atoms with E-state index in [9.17, 15) is 0 Å². The number of imidazole rings is 1. The highest BCUT2D eigenvalue weighted by Gasteiger charge is 2.29. The lowest BCUT2D eigenvalue weighted by Crippen LogP contribution is -2.45. The number of hydrogen-bond acceptors (Lipinski definition) is 4. The van der Waals surface area contributed by atoms with Crippen molar-refractivity contribution in [1.29, 1.82) is 0 Å². The summed E-state index contributed by atoms with van der Waals surface area (Å²) in [6.07, 6.45) is 4.37. The lowest BCUT2D eigenvalue weighted by Gasteiger charge is -2.29. The van der Waals surface area contributed by atoms with Crippen molar-refractivity contribution in [3.05, 3.63) is 76.2 Å². The van der Waals surface area contributed by atoms with Crippen molar-refractivity contribution in [2.75, 3.05) is 6.54 Å². The van der Waals surface area contributed by atoms with Crippen LogP contribution in [-0.4, -0.2) is 16.5 Å². The van der Waals surface area contributed by atoms with E-state index in [0.717, 1.165) is 28.1 Å². The van der Waals surface area contributed by atoms with E-state index in [4.69, 9.17) is 11.5 Å². The standard InChI is InChI=1S/C22H22N4S/c23-12-22(24,18-7-8-19-20(10-18)26-13-25-19)17-5-3-14(4-6-17)16-9-21(27-11-16)15-1-2-15/h3-11,13,15H,1-2,12,23-24H2,(H,25,26). The summed E-state index contributed by atoms with van der Waals surface area (Å²) >= 11 is 1.87. The quantitative estimate of drug-likeness (QED) is 0.486. The van der Waals surface area contributed by atoms with Crippen molar-refractivity contribution in [1.82, 2.24) is 9.97 Å². The number of aromatic amines is 1. The first-order chi connectivity index (χ1) is 13.2. The topological polar surface area (TPSA) is 80.7 Å². The molecule has 5 heteroatoms. The van der Waals surface area contributed by atoms with Crippen LogP contribution in [0, 0.1) is 0 Å². The van der Waals surface area contributed by atoms with Crippen LogP contribution in [0.15, 0.2) is 60.2 Å². The zero-order valence-corrected chi connectivity index (χ0v) is 15.8. The zero-order chi connectivity index (χ0) is 18.4. The predicted octanol–water partition coefficient (Wildman–Crippen LogP) is 4.33. The van der Waals surface area contributed by atoms with E-state index in [1.165, 1.54) is 28.8 Å². The summed E-state index contributed by atoms with van der Waals surface area (Å²) in [6.45, 7) is 0.330. The summed E-state index contributed by atoms with van der Waals surface area (Å²) in [5.74, 6) is 0.800. The highest BCUT2D eigenvalue weighted by atomic mass is 32.1. The molecule has 0 radical (unpaired) electrons. The molecular weight excluding hydrogens is 352 g/mol. The van der Waals surface area contributed by atoms with Gasteiger partial charge in [-0.3, -0.25) is 0 Å². The number of hydrogen-bond donors (Lipinski definition) is 3. The van der Waals surface area contributed by atoms with Crippen LogP contribution in [0.4, 0.5) is 0 Å². The molecule has 2 heterocycles. The number of nitrogens with zero attached hydrogens (tertiary/aromatic N) is 1. The molecule has 0 saturated heterocycles. The van der Waals surface area contributed by atoms with Gasteiger partial charge in [-0.05, 0) is 64.6 Å². The average Bonchev–Trinajstić information content (AvgIpc) is 3.26. The average molecular weight is 375 g/mol. The van der Waals surface area contributed by atoms with Crippen LogP contribution in [0.2, 0.25) is 0 Å². The number of fused-ring (bicyclic) bond motifs is 1. The van der Waals surface area contributed by atoms with Gasteiger partial charge in [-0.1, -0.05) is 30.3 Å². The number of nitrogens with two attached hydrogens (primary N) is 2. The van der Waals surface area contributed by atoms with Crippen molar-refractivity contribution >= 4 is 22.4 Å². The Morgan fingerprint density at radius 2 is 1.81 bits per heavy atom. The van der Waals surface area contributed by atoms with Crippen molar-refractivity contribution in [3.8, 4) is 11.1 Å². The number of thiophene rings is 1. The molecule has 27 heavy (non-hydrogen) atoms. The number of aromatic nitrogens is 2. The SMILES string of the molecule is NCC(N)(c1ccc(-c2csc(C3CC3)c2)cc1)c1ccc2nc[nH]c2c1. The Balaban J connectivity index is 1.49. The number of nitrogens with one attached hydrogen (secondary N) is 1. The van der Waals surface area contributed by atoms with Crippen LogP contribution >= 0.6 is 11.3 Å². The van der Waals surface area contributed by atoms with Gasteiger partial charge in [0.15, 0.2) is 0 Å². The fourth-order valence-electron chi connectivity index (χ4n) is 3.66. The second-order valence-electron chi connectivity index (χ2n) is 7.40. The first-order valence-corrected chi connectivity index (χ1v) is 10.2. The molecule has 0 bridgehead atoms. The molecule has 5 N–H and O–H groups in total. The molecule has 5 rings (SSSR count). The first kappa shape index (κ1) is 16.7. The summed E-state index contributed by atoms with van der Waals surface area (Å²) in [4.78, 5) is 8.94. The number of benzene rings is 2. The van der Waals surface area contributed by atoms with Crippen molar-refractivity contribution < 1.29 is 0 Å². The van der Waals surface area contributed by atoms with Crippen LogP contribution < -0.4 is 11.5 Å². The number of H-pyrrole nitrogens is 1. The van der Waals surface area contributed by atoms with Gasteiger partial charge in [0.2, 0.25) is 0 Å². The van der Waals surface area contributed by atoms with E-state index in [2.05, 4.69) is 45.7 Å². The Morgan fingerprint density at radius 3 is 2.56 bits per heavy atom. The van der Waals surface area contributed by atoms with Crippen molar-refractivity contribution in [2.45, 2.75) is 24.3 Å². The van der Waals surface area contributed by atoms with E-state index in [1.807, 2.05) is 29.5 Å². The van der Waals surface area contributed by atoms with E-state index in [-0.39, 0.29) is 0 Å². The van der Waals surface area contributed by atoms with Crippen molar-refractivity contribution in [3.63, 3.8) is 0 Å². The minimum atomic E-state index is -0.731. The minimum absolute atomic E-state index is 0.330. The third-order valence-electron chi connectivity index (χ3n) is 5.59. The Labute approximate surface area is 162 Å². The molecule has 0 amide bonds. The molecule has 1 unspecified atom stereocenters. The molecule has 2 aromatic carbocycles. The third kappa shape index (κ3) is 2.88. The third-order valence-corrected chi connectivity index (χ3v) is 6.69. The van der Waals surface area contributed by atoms with E-state index in [1.54, 1.807) is 6.33 Å². The van der Waals surface area contributed by atoms with Crippen LogP contribution in [0.25, 0.3) is 22.2 Å². The van der Waals surface area contributed by atoms with Crippen LogP contribution in [0.3, 0.4) is 0 Å². The summed E-state index contributed by atoms with van der Waals surface area (Å²) < 4.78 is 0. The lowest BCUT2D eigenvalue weighted by atomic mass is 9.83. The van der Waals surface area contributed by atoms with Gasteiger partial charge in [-0.25, -0.2) is 4.98 Å². The molecule has 4 nitrogen and oxygen atoms in total.